The first-order valence-electron chi connectivity index (χ1n) is 12.3. The number of ether oxygens (including phenoxy) is 2. The second-order valence-corrected chi connectivity index (χ2v) is 11.7. The summed E-state index contributed by atoms with van der Waals surface area (Å²) < 4.78 is 39.6. The van der Waals surface area contributed by atoms with Gasteiger partial charge >= 0.3 is 5.97 Å². The molecule has 0 aliphatic rings. The Morgan fingerprint density at radius 2 is 1.62 bits per heavy atom. The van der Waals surface area contributed by atoms with Crippen molar-refractivity contribution >= 4 is 16.0 Å². The molecule has 4 aromatic rings. The van der Waals surface area contributed by atoms with Gasteiger partial charge in [0.15, 0.2) is 6.61 Å². The van der Waals surface area contributed by atoms with Gasteiger partial charge in [-0.15, -0.1) is 0 Å². The van der Waals surface area contributed by atoms with Gasteiger partial charge in [0.2, 0.25) is 10.0 Å². The Labute approximate surface area is 228 Å². The summed E-state index contributed by atoms with van der Waals surface area (Å²) >= 11 is 0. The van der Waals surface area contributed by atoms with Gasteiger partial charge in [-0.25, -0.2) is 13.2 Å². The molecule has 0 aliphatic carbocycles. The molecular weight excluding hydrogens is 516 g/mol. The third kappa shape index (κ3) is 7.92. The van der Waals surface area contributed by atoms with Gasteiger partial charge in [0.25, 0.3) is 0 Å². The highest BCUT2D eigenvalue weighted by atomic mass is 32.2. The lowest BCUT2D eigenvalue weighted by molar-refractivity contribution is -0.157. The maximum absolute atomic E-state index is 13.6. The highest BCUT2D eigenvalue weighted by Gasteiger charge is 2.25. The van der Waals surface area contributed by atoms with Gasteiger partial charge in [-0.05, 0) is 56.2 Å². The van der Waals surface area contributed by atoms with Crippen molar-refractivity contribution in [3.05, 3.63) is 103 Å². The Hall–Kier alpha value is -4.15. The first-order valence-corrected chi connectivity index (χ1v) is 13.7. The van der Waals surface area contributed by atoms with Crippen molar-refractivity contribution in [2.45, 2.75) is 44.4 Å². The summed E-state index contributed by atoms with van der Waals surface area (Å²) in [5, 5.41) is 0. The lowest BCUT2D eigenvalue weighted by atomic mass is 10.1. The number of pyridine rings is 1. The summed E-state index contributed by atoms with van der Waals surface area (Å²) in [6.45, 7) is 5.30. The number of hydrogen-bond donors (Lipinski definition) is 0. The molecule has 0 bridgehead atoms. The van der Waals surface area contributed by atoms with E-state index in [-0.39, 0.29) is 24.6 Å². The Morgan fingerprint density at radius 1 is 0.872 bits per heavy atom. The average Bonchev–Trinajstić information content (AvgIpc) is 2.92. The maximum Gasteiger partial charge on any atom is 0.344 e. The van der Waals surface area contributed by atoms with Crippen molar-refractivity contribution in [2.75, 3.05) is 6.61 Å². The zero-order valence-electron chi connectivity index (χ0n) is 22.0. The van der Waals surface area contributed by atoms with Crippen molar-refractivity contribution in [3.8, 4) is 17.0 Å². The van der Waals surface area contributed by atoms with Crippen molar-refractivity contribution in [1.82, 2.24) is 19.3 Å². The quantitative estimate of drug-likeness (QED) is 0.264. The molecule has 0 spiro atoms. The smallest absolute Gasteiger partial charge is 0.344 e. The third-order valence-corrected chi connectivity index (χ3v) is 7.25. The summed E-state index contributed by atoms with van der Waals surface area (Å²) in [4.78, 5) is 24.5. The predicted octanol–water partition coefficient (Wildman–Crippen LogP) is 4.65. The first kappa shape index (κ1) is 27.9. The highest BCUT2D eigenvalue weighted by molar-refractivity contribution is 7.89. The molecule has 0 N–H and O–H groups in total. The van der Waals surface area contributed by atoms with Crippen LogP contribution in [0.1, 0.15) is 31.9 Å². The lowest BCUT2D eigenvalue weighted by Gasteiger charge is -2.23. The molecule has 0 amide bonds. The Balaban J connectivity index is 1.55. The van der Waals surface area contributed by atoms with E-state index in [0.29, 0.717) is 11.3 Å². The minimum absolute atomic E-state index is 0.0762. The molecule has 0 unspecified atom stereocenters. The molecule has 0 radical (unpaired) electrons. The molecule has 4 rings (SSSR count). The third-order valence-electron chi connectivity index (χ3n) is 5.48. The van der Waals surface area contributed by atoms with E-state index in [0.717, 1.165) is 16.8 Å². The zero-order chi connectivity index (χ0) is 27.9. The van der Waals surface area contributed by atoms with Gasteiger partial charge in [-0.3, -0.25) is 15.0 Å². The Kier molecular flexibility index (Phi) is 8.68. The highest BCUT2D eigenvalue weighted by Crippen LogP contribution is 2.24. The molecule has 9 nitrogen and oxygen atoms in total. The summed E-state index contributed by atoms with van der Waals surface area (Å²) in [5.74, 6) is -0.0518. The van der Waals surface area contributed by atoms with Crippen molar-refractivity contribution in [2.24, 2.45) is 0 Å². The molecule has 0 saturated heterocycles. The molecule has 2 aromatic carbocycles. The monoisotopic (exact) mass is 546 g/mol. The van der Waals surface area contributed by atoms with Crippen LogP contribution in [0.3, 0.4) is 0 Å². The van der Waals surface area contributed by atoms with Crippen LogP contribution in [0.5, 0.6) is 5.75 Å². The van der Waals surface area contributed by atoms with Crippen LogP contribution in [0.15, 0.2) is 96.5 Å². The maximum atomic E-state index is 13.6. The largest absolute Gasteiger partial charge is 0.482 e. The van der Waals surface area contributed by atoms with E-state index in [1.54, 1.807) is 63.6 Å². The van der Waals surface area contributed by atoms with Gasteiger partial charge in [0.1, 0.15) is 16.2 Å². The number of hydrogen-bond acceptors (Lipinski definition) is 8. The minimum atomic E-state index is -3.89. The molecule has 2 aromatic heterocycles. The topological polar surface area (TPSA) is 112 Å². The number of nitrogens with zero attached hydrogens (tertiary/aromatic N) is 4. The fourth-order valence-electron chi connectivity index (χ4n) is 3.76. The van der Waals surface area contributed by atoms with Crippen molar-refractivity contribution in [1.29, 1.82) is 0 Å². The summed E-state index contributed by atoms with van der Waals surface area (Å²) in [6.07, 6.45) is 7.76. The van der Waals surface area contributed by atoms with Gasteiger partial charge in [0.05, 0.1) is 11.9 Å². The number of carbonyl (C=O) groups is 1. The second-order valence-electron chi connectivity index (χ2n) is 9.77. The average molecular weight is 547 g/mol. The van der Waals surface area contributed by atoms with Crippen LogP contribution in [-0.4, -0.2) is 45.9 Å². The van der Waals surface area contributed by atoms with E-state index < -0.39 is 21.6 Å². The van der Waals surface area contributed by atoms with Crippen LogP contribution in [0.2, 0.25) is 0 Å². The number of esters is 1. The van der Waals surface area contributed by atoms with Crippen LogP contribution in [0.25, 0.3) is 11.3 Å². The normalized spacial score (nSPS) is 11.8. The zero-order valence-corrected chi connectivity index (χ0v) is 22.8. The summed E-state index contributed by atoms with van der Waals surface area (Å²) in [5.41, 5.74) is 2.49. The van der Waals surface area contributed by atoms with Gasteiger partial charge < -0.3 is 9.47 Å². The molecule has 10 heteroatoms. The number of rotatable bonds is 10. The SMILES string of the molecule is CC(C)(C)OC(=O)COc1cccc(CN(Cc2ccc(-c3cnccn3)cc2)S(=O)(=O)c2cccnc2)c1. The number of carbonyl (C=O) groups excluding carboxylic acids is 1. The molecule has 0 aliphatic heterocycles. The molecule has 2 heterocycles. The molecule has 0 saturated carbocycles. The van der Waals surface area contributed by atoms with Crippen LogP contribution in [0.4, 0.5) is 0 Å². The first-order chi connectivity index (χ1) is 18.6. The van der Waals surface area contributed by atoms with Crippen molar-refractivity contribution in [3.63, 3.8) is 0 Å². The van der Waals surface area contributed by atoms with E-state index in [2.05, 4.69) is 15.0 Å². The van der Waals surface area contributed by atoms with Crippen LogP contribution < -0.4 is 4.74 Å². The van der Waals surface area contributed by atoms with Gasteiger partial charge in [0, 0.05) is 43.4 Å². The lowest BCUT2D eigenvalue weighted by Crippen LogP contribution is -2.30. The number of aromatic nitrogens is 3. The van der Waals surface area contributed by atoms with E-state index >= 15 is 0 Å². The van der Waals surface area contributed by atoms with Crippen LogP contribution >= 0.6 is 0 Å². The minimum Gasteiger partial charge on any atom is -0.482 e. The molecule has 39 heavy (non-hydrogen) atoms. The molecule has 0 fully saturated rings. The molecular formula is C29H30N4O5S. The van der Waals surface area contributed by atoms with Gasteiger partial charge in [-0.2, -0.15) is 4.31 Å². The number of benzene rings is 2. The summed E-state index contributed by atoms with van der Waals surface area (Å²) in [7, 11) is -3.89. The Morgan fingerprint density at radius 3 is 2.28 bits per heavy atom. The van der Waals surface area contributed by atoms with Crippen molar-refractivity contribution < 1.29 is 22.7 Å². The summed E-state index contributed by atoms with van der Waals surface area (Å²) in [6, 6.07) is 17.6. The fourth-order valence-corrected chi connectivity index (χ4v) is 5.14. The van der Waals surface area contributed by atoms with Gasteiger partial charge in [-0.1, -0.05) is 36.4 Å². The van der Waals surface area contributed by atoms with E-state index in [4.69, 9.17) is 9.47 Å². The Bertz CT molecular complexity index is 1490. The van der Waals surface area contributed by atoms with E-state index in [1.807, 2.05) is 30.3 Å². The predicted molar refractivity (Wildman–Crippen MR) is 146 cm³/mol. The number of sulfonamides is 1. The molecule has 0 atom stereocenters. The van der Waals surface area contributed by atoms with Crippen LogP contribution in [0, 0.1) is 0 Å². The van der Waals surface area contributed by atoms with E-state index in [9.17, 15) is 13.2 Å². The van der Waals surface area contributed by atoms with Crippen LogP contribution in [-0.2, 0) is 32.6 Å². The standard InChI is InChI=1S/C29H30N4O5S/c1-29(2,3)38-28(34)21-37-25-7-4-6-23(16-25)20-33(39(35,36)26-8-5-13-30-17-26)19-22-9-11-24(12-10-22)27-18-31-14-15-32-27/h4-18H,19-21H2,1-3H3. The van der Waals surface area contributed by atoms with E-state index in [1.165, 1.54) is 22.8 Å². The molecule has 202 valence electrons. The second kappa shape index (κ2) is 12.1. The fraction of sp³-hybridized carbons (Fsp3) is 0.241.